The Balaban J connectivity index is 1.89. The van der Waals surface area contributed by atoms with Crippen molar-refractivity contribution in [2.24, 2.45) is 0 Å². The predicted molar refractivity (Wildman–Crippen MR) is 88.0 cm³/mol. The summed E-state index contributed by atoms with van der Waals surface area (Å²) in [5.74, 6) is 0.0181. The third-order valence-corrected chi connectivity index (χ3v) is 4.91. The number of hydrogen-bond donors (Lipinski definition) is 2. The molecule has 22 heavy (non-hydrogen) atoms. The predicted octanol–water partition coefficient (Wildman–Crippen LogP) is 4.76. The van der Waals surface area contributed by atoms with Crippen molar-refractivity contribution in [2.75, 3.05) is 7.05 Å². The summed E-state index contributed by atoms with van der Waals surface area (Å²) in [6.07, 6.45) is 2.95. The minimum atomic E-state index is -0.206. The average molecular weight is 315 g/mol. The molecule has 4 heteroatoms. The Morgan fingerprint density at radius 3 is 2.82 bits per heavy atom. The number of nitrogens with one attached hydrogen (secondary N) is 2. The van der Waals surface area contributed by atoms with Crippen molar-refractivity contribution >= 4 is 22.5 Å². The SMILES string of the molecule is CNC1CC(c2c[nH]c3ccc(F)cc23)c2cc(Cl)ccc21. The lowest BCUT2D eigenvalue weighted by Crippen LogP contribution is -2.13. The van der Waals surface area contributed by atoms with Gasteiger partial charge in [-0.15, -0.1) is 0 Å². The van der Waals surface area contributed by atoms with Gasteiger partial charge in [0, 0.05) is 34.1 Å². The molecule has 2 aromatic carbocycles. The van der Waals surface area contributed by atoms with E-state index in [0.717, 1.165) is 27.9 Å². The van der Waals surface area contributed by atoms with E-state index in [1.54, 1.807) is 12.1 Å². The third kappa shape index (κ3) is 2.04. The van der Waals surface area contributed by atoms with Crippen molar-refractivity contribution in [1.29, 1.82) is 0 Å². The lowest BCUT2D eigenvalue weighted by Gasteiger charge is -2.11. The molecule has 0 amide bonds. The van der Waals surface area contributed by atoms with E-state index in [0.29, 0.717) is 6.04 Å². The number of H-pyrrole nitrogens is 1. The van der Waals surface area contributed by atoms with E-state index in [2.05, 4.69) is 16.4 Å². The second-order valence-corrected chi connectivity index (χ2v) is 6.27. The van der Waals surface area contributed by atoms with Gasteiger partial charge in [0.2, 0.25) is 0 Å². The first-order valence-electron chi connectivity index (χ1n) is 7.40. The maximum atomic E-state index is 13.6. The van der Waals surface area contributed by atoms with Gasteiger partial charge >= 0.3 is 0 Å². The zero-order valence-corrected chi connectivity index (χ0v) is 12.9. The Kier molecular flexibility index (Phi) is 3.21. The average Bonchev–Trinajstić information content (AvgIpc) is 3.07. The molecule has 1 heterocycles. The van der Waals surface area contributed by atoms with Crippen LogP contribution in [0.25, 0.3) is 10.9 Å². The Bertz CT molecular complexity index is 855. The smallest absolute Gasteiger partial charge is 0.123 e. The van der Waals surface area contributed by atoms with E-state index in [-0.39, 0.29) is 11.7 Å². The zero-order valence-electron chi connectivity index (χ0n) is 12.2. The summed E-state index contributed by atoms with van der Waals surface area (Å²) < 4.78 is 13.6. The van der Waals surface area contributed by atoms with Crippen molar-refractivity contribution in [3.63, 3.8) is 0 Å². The zero-order chi connectivity index (χ0) is 15.3. The van der Waals surface area contributed by atoms with Crippen LogP contribution in [0, 0.1) is 5.82 Å². The van der Waals surface area contributed by atoms with Gasteiger partial charge < -0.3 is 10.3 Å². The van der Waals surface area contributed by atoms with Crippen molar-refractivity contribution in [3.8, 4) is 0 Å². The number of hydrogen-bond acceptors (Lipinski definition) is 1. The molecule has 0 saturated heterocycles. The molecular weight excluding hydrogens is 299 g/mol. The topological polar surface area (TPSA) is 27.8 Å². The van der Waals surface area contributed by atoms with Crippen LogP contribution >= 0.6 is 11.6 Å². The highest BCUT2D eigenvalue weighted by molar-refractivity contribution is 6.30. The van der Waals surface area contributed by atoms with E-state index in [1.165, 1.54) is 17.2 Å². The maximum absolute atomic E-state index is 13.6. The van der Waals surface area contributed by atoms with Gasteiger partial charge in [-0.1, -0.05) is 17.7 Å². The molecule has 2 atom stereocenters. The fourth-order valence-corrected chi connectivity index (χ4v) is 3.81. The molecule has 0 aliphatic heterocycles. The van der Waals surface area contributed by atoms with Gasteiger partial charge in [-0.2, -0.15) is 0 Å². The summed E-state index contributed by atoms with van der Waals surface area (Å²) in [7, 11) is 1.97. The van der Waals surface area contributed by atoms with Crippen LogP contribution in [0.15, 0.2) is 42.6 Å². The second kappa shape index (κ2) is 5.11. The molecule has 0 saturated carbocycles. The normalized spacial score (nSPS) is 20.5. The molecule has 4 rings (SSSR count). The van der Waals surface area contributed by atoms with Crippen LogP contribution in [0.3, 0.4) is 0 Å². The molecule has 0 fully saturated rings. The second-order valence-electron chi connectivity index (χ2n) is 5.84. The van der Waals surface area contributed by atoms with Gasteiger partial charge in [0.25, 0.3) is 0 Å². The maximum Gasteiger partial charge on any atom is 0.123 e. The highest BCUT2D eigenvalue weighted by atomic mass is 35.5. The molecule has 112 valence electrons. The summed E-state index contributed by atoms with van der Waals surface area (Å²) in [6.45, 7) is 0. The molecule has 2 N–H and O–H groups in total. The van der Waals surface area contributed by atoms with Gasteiger partial charge in [-0.05, 0) is 60.5 Å². The van der Waals surface area contributed by atoms with Crippen molar-refractivity contribution in [3.05, 3.63) is 70.1 Å². The first kappa shape index (κ1) is 13.8. The molecule has 1 aliphatic rings. The van der Waals surface area contributed by atoms with Crippen LogP contribution in [0.4, 0.5) is 4.39 Å². The molecule has 2 unspecified atom stereocenters. The Morgan fingerprint density at radius 1 is 1.14 bits per heavy atom. The van der Waals surface area contributed by atoms with Crippen LogP contribution in [0.5, 0.6) is 0 Å². The van der Waals surface area contributed by atoms with Crippen molar-refractivity contribution < 1.29 is 4.39 Å². The van der Waals surface area contributed by atoms with Gasteiger partial charge in [-0.25, -0.2) is 4.39 Å². The van der Waals surface area contributed by atoms with Gasteiger partial charge in [0.15, 0.2) is 0 Å². The number of benzene rings is 2. The lowest BCUT2D eigenvalue weighted by molar-refractivity contribution is 0.565. The fourth-order valence-electron chi connectivity index (χ4n) is 3.62. The van der Waals surface area contributed by atoms with Crippen LogP contribution in [-0.2, 0) is 0 Å². The third-order valence-electron chi connectivity index (χ3n) is 4.67. The number of rotatable bonds is 2. The quantitative estimate of drug-likeness (QED) is 0.701. The van der Waals surface area contributed by atoms with Crippen LogP contribution in [0.2, 0.25) is 5.02 Å². The lowest BCUT2D eigenvalue weighted by atomic mass is 9.92. The molecular formula is C18H16ClFN2. The van der Waals surface area contributed by atoms with E-state index in [9.17, 15) is 4.39 Å². The highest BCUT2D eigenvalue weighted by Gasteiger charge is 2.32. The number of fused-ring (bicyclic) bond motifs is 2. The van der Waals surface area contributed by atoms with Gasteiger partial charge in [0.05, 0.1) is 0 Å². The number of halogens is 2. The number of aromatic nitrogens is 1. The summed E-state index contributed by atoms with van der Waals surface area (Å²) >= 11 is 6.20. The minimum Gasteiger partial charge on any atom is -0.361 e. The summed E-state index contributed by atoms with van der Waals surface area (Å²) in [5, 5.41) is 5.06. The standard InChI is InChI=1S/C18H16ClFN2/c1-21-18-8-14(13-6-10(19)2-4-12(13)18)16-9-22-17-5-3-11(20)7-15(16)17/h2-7,9,14,18,21-22H,8H2,1H3. The Labute approximate surface area is 133 Å². The van der Waals surface area contributed by atoms with E-state index >= 15 is 0 Å². The van der Waals surface area contributed by atoms with Gasteiger partial charge in [-0.3, -0.25) is 0 Å². The Hall–Kier alpha value is -1.84. The molecule has 1 aliphatic carbocycles. The van der Waals surface area contributed by atoms with Crippen LogP contribution in [-0.4, -0.2) is 12.0 Å². The molecule has 2 nitrogen and oxygen atoms in total. The summed E-state index contributed by atoms with van der Waals surface area (Å²) in [5.41, 5.74) is 4.61. The van der Waals surface area contributed by atoms with E-state index < -0.39 is 0 Å². The van der Waals surface area contributed by atoms with Crippen molar-refractivity contribution in [1.82, 2.24) is 10.3 Å². The number of aromatic amines is 1. The molecule has 0 spiro atoms. The van der Waals surface area contributed by atoms with E-state index in [4.69, 9.17) is 11.6 Å². The molecule has 0 radical (unpaired) electrons. The summed E-state index contributed by atoms with van der Waals surface area (Å²) in [6, 6.07) is 11.2. The first-order valence-corrected chi connectivity index (χ1v) is 7.78. The fraction of sp³-hybridized carbons (Fsp3) is 0.222. The van der Waals surface area contributed by atoms with E-state index in [1.807, 2.05) is 25.4 Å². The summed E-state index contributed by atoms with van der Waals surface area (Å²) in [4.78, 5) is 3.25. The van der Waals surface area contributed by atoms with Crippen LogP contribution < -0.4 is 5.32 Å². The molecule has 1 aromatic heterocycles. The first-order chi connectivity index (χ1) is 10.7. The monoisotopic (exact) mass is 314 g/mol. The van der Waals surface area contributed by atoms with Crippen LogP contribution in [0.1, 0.15) is 35.1 Å². The highest BCUT2D eigenvalue weighted by Crippen LogP contribution is 2.46. The molecule has 3 aromatic rings. The molecule has 0 bridgehead atoms. The van der Waals surface area contributed by atoms with Gasteiger partial charge in [0.1, 0.15) is 5.82 Å². The minimum absolute atomic E-state index is 0.206. The Morgan fingerprint density at radius 2 is 2.00 bits per heavy atom. The van der Waals surface area contributed by atoms with Crippen molar-refractivity contribution in [2.45, 2.75) is 18.4 Å². The largest absolute Gasteiger partial charge is 0.361 e.